The van der Waals surface area contributed by atoms with Crippen LogP contribution in [-0.4, -0.2) is 52.8 Å². The SMILES string of the molecule is COc1cc(C(CNC(=O)C(C)(C)C)N(C)C)cc(OC)c1OC. The first kappa shape index (κ1) is 20.1. The molecule has 1 aromatic carbocycles. The maximum Gasteiger partial charge on any atom is 0.225 e. The van der Waals surface area contributed by atoms with Crippen molar-refractivity contribution in [2.24, 2.45) is 5.41 Å². The second kappa shape index (κ2) is 8.24. The molecule has 0 bridgehead atoms. The van der Waals surface area contributed by atoms with Crippen LogP contribution < -0.4 is 19.5 Å². The summed E-state index contributed by atoms with van der Waals surface area (Å²) in [6, 6.07) is 3.80. The Hall–Kier alpha value is -1.95. The predicted molar refractivity (Wildman–Crippen MR) is 95.0 cm³/mol. The third-order valence-electron chi connectivity index (χ3n) is 3.83. The lowest BCUT2D eigenvalue weighted by Crippen LogP contribution is -2.40. The lowest BCUT2D eigenvalue weighted by Gasteiger charge is -2.28. The maximum atomic E-state index is 12.2. The van der Waals surface area contributed by atoms with Crippen molar-refractivity contribution in [3.8, 4) is 17.2 Å². The van der Waals surface area contributed by atoms with Crippen molar-refractivity contribution in [1.82, 2.24) is 10.2 Å². The Bertz CT molecular complexity index is 540. The number of nitrogens with one attached hydrogen (secondary N) is 1. The molecule has 1 amide bonds. The summed E-state index contributed by atoms with van der Waals surface area (Å²) in [4.78, 5) is 14.2. The van der Waals surface area contributed by atoms with E-state index < -0.39 is 5.41 Å². The van der Waals surface area contributed by atoms with Crippen molar-refractivity contribution in [2.75, 3.05) is 42.0 Å². The number of methoxy groups -OCH3 is 3. The van der Waals surface area contributed by atoms with E-state index in [9.17, 15) is 4.79 Å². The first-order valence-corrected chi connectivity index (χ1v) is 7.90. The number of hydrogen-bond donors (Lipinski definition) is 1. The second-order valence-electron chi connectivity index (χ2n) is 6.90. The van der Waals surface area contributed by atoms with Crippen LogP contribution in [0, 0.1) is 5.41 Å². The third kappa shape index (κ3) is 4.77. The monoisotopic (exact) mass is 338 g/mol. The molecule has 6 heteroatoms. The first-order chi connectivity index (χ1) is 11.1. The van der Waals surface area contributed by atoms with E-state index in [-0.39, 0.29) is 11.9 Å². The van der Waals surface area contributed by atoms with Gasteiger partial charge in [0.15, 0.2) is 11.5 Å². The van der Waals surface area contributed by atoms with Gasteiger partial charge in [0, 0.05) is 12.0 Å². The molecule has 0 radical (unpaired) electrons. The lowest BCUT2D eigenvalue weighted by molar-refractivity contribution is -0.128. The van der Waals surface area contributed by atoms with Crippen molar-refractivity contribution in [3.05, 3.63) is 17.7 Å². The Kier molecular flexibility index (Phi) is 6.90. The van der Waals surface area contributed by atoms with Gasteiger partial charge in [0.05, 0.1) is 27.4 Å². The van der Waals surface area contributed by atoms with Crippen LogP contribution in [0.4, 0.5) is 0 Å². The number of nitrogens with zero attached hydrogens (tertiary/aromatic N) is 1. The normalized spacial score (nSPS) is 12.7. The van der Waals surface area contributed by atoms with Crippen LogP contribution in [0.5, 0.6) is 17.2 Å². The highest BCUT2D eigenvalue weighted by Gasteiger charge is 2.24. The van der Waals surface area contributed by atoms with E-state index in [1.165, 1.54) is 0 Å². The van der Waals surface area contributed by atoms with E-state index in [2.05, 4.69) is 5.32 Å². The zero-order valence-electron chi connectivity index (χ0n) is 16.0. The average molecular weight is 338 g/mol. The number of amides is 1. The van der Waals surface area contributed by atoms with Crippen LogP contribution in [0.2, 0.25) is 0 Å². The maximum absolute atomic E-state index is 12.2. The van der Waals surface area contributed by atoms with E-state index in [1.807, 2.05) is 51.9 Å². The lowest BCUT2D eigenvalue weighted by atomic mass is 9.95. The fourth-order valence-corrected chi connectivity index (χ4v) is 2.35. The van der Waals surface area contributed by atoms with Gasteiger partial charge in [-0.3, -0.25) is 4.79 Å². The van der Waals surface area contributed by atoms with Crippen LogP contribution >= 0.6 is 0 Å². The first-order valence-electron chi connectivity index (χ1n) is 7.90. The zero-order chi connectivity index (χ0) is 18.5. The standard InChI is InChI=1S/C18H30N2O4/c1-18(2,3)17(21)19-11-13(20(4)5)12-9-14(22-6)16(24-8)15(10-12)23-7/h9-10,13H,11H2,1-8H3,(H,19,21). The highest BCUT2D eigenvalue weighted by molar-refractivity contribution is 5.81. The molecule has 136 valence electrons. The summed E-state index contributed by atoms with van der Waals surface area (Å²) in [6.07, 6.45) is 0. The summed E-state index contributed by atoms with van der Waals surface area (Å²) in [5.41, 5.74) is 0.551. The van der Waals surface area contributed by atoms with Gasteiger partial charge in [-0.1, -0.05) is 20.8 Å². The van der Waals surface area contributed by atoms with Gasteiger partial charge in [0.2, 0.25) is 11.7 Å². The van der Waals surface area contributed by atoms with Gasteiger partial charge in [-0.05, 0) is 31.8 Å². The molecule has 1 atom stereocenters. The van der Waals surface area contributed by atoms with Crippen LogP contribution in [-0.2, 0) is 4.79 Å². The molecule has 0 saturated carbocycles. The Morgan fingerprint density at radius 2 is 1.58 bits per heavy atom. The van der Waals surface area contributed by atoms with Crippen LogP contribution in [0.25, 0.3) is 0 Å². The smallest absolute Gasteiger partial charge is 0.225 e. The third-order valence-corrected chi connectivity index (χ3v) is 3.83. The van der Waals surface area contributed by atoms with Crippen molar-refractivity contribution in [2.45, 2.75) is 26.8 Å². The topological polar surface area (TPSA) is 60.0 Å². The largest absolute Gasteiger partial charge is 0.493 e. The molecule has 24 heavy (non-hydrogen) atoms. The van der Waals surface area contributed by atoms with Crippen LogP contribution in [0.3, 0.4) is 0 Å². The molecule has 1 unspecified atom stereocenters. The summed E-state index contributed by atoms with van der Waals surface area (Å²) >= 11 is 0. The van der Waals surface area contributed by atoms with Crippen molar-refractivity contribution < 1.29 is 19.0 Å². The Labute approximate surface area is 145 Å². The molecule has 6 nitrogen and oxygen atoms in total. The van der Waals surface area contributed by atoms with Gasteiger partial charge in [-0.25, -0.2) is 0 Å². The molecule has 0 fully saturated rings. The van der Waals surface area contributed by atoms with Gasteiger partial charge >= 0.3 is 0 Å². The summed E-state index contributed by atoms with van der Waals surface area (Å²) in [5.74, 6) is 1.77. The van der Waals surface area contributed by atoms with E-state index >= 15 is 0 Å². The van der Waals surface area contributed by atoms with Gasteiger partial charge in [0.25, 0.3) is 0 Å². The molecule has 0 heterocycles. The molecule has 0 spiro atoms. The minimum absolute atomic E-state index is 0.0155. The number of carbonyl (C=O) groups is 1. The number of hydrogen-bond acceptors (Lipinski definition) is 5. The average Bonchev–Trinajstić information content (AvgIpc) is 2.52. The van der Waals surface area contributed by atoms with E-state index in [4.69, 9.17) is 14.2 Å². The predicted octanol–water partition coefficient (Wildman–Crippen LogP) is 2.48. The number of likely N-dealkylation sites (N-methyl/N-ethyl adjacent to an activating group) is 1. The van der Waals surface area contributed by atoms with Gasteiger partial charge < -0.3 is 24.4 Å². The van der Waals surface area contributed by atoms with Crippen molar-refractivity contribution in [1.29, 1.82) is 0 Å². The highest BCUT2D eigenvalue weighted by Crippen LogP contribution is 2.40. The summed E-state index contributed by atoms with van der Waals surface area (Å²) < 4.78 is 16.2. The quantitative estimate of drug-likeness (QED) is 0.828. The minimum Gasteiger partial charge on any atom is -0.493 e. The molecular weight excluding hydrogens is 308 g/mol. The molecule has 0 aromatic heterocycles. The number of rotatable bonds is 7. The van der Waals surface area contributed by atoms with E-state index in [1.54, 1.807) is 21.3 Å². The van der Waals surface area contributed by atoms with Gasteiger partial charge in [0.1, 0.15) is 0 Å². The van der Waals surface area contributed by atoms with Crippen molar-refractivity contribution in [3.63, 3.8) is 0 Å². The summed E-state index contributed by atoms with van der Waals surface area (Å²) in [6.45, 7) is 6.17. The molecule has 1 rings (SSSR count). The van der Waals surface area contributed by atoms with Gasteiger partial charge in [-0.2, -0.15) is 0 Å². The van der Waals surface area contributed by atoms with Gasteiger partial charge in [-0.15, -0.1) is 0 Å². The van der Waals surface area contributed by atoms with E-state index in [0.29, 0.717) is 23.8 Å². The molecule has 1 aromatic rings. The Morgan fingerprint density at radius 3 is 1.92 bits per heavy atom. The molecule has 0 aliphatic carbocycles. The fourth-order valence-electron chi connectivity index (χ4n) is 2.35. The van der Waals surface area contributed by atoms with E-state index in [0.717, 1.165) is 5.56 Å². The minimum atomic E-state index is -0.424. The summed E-state index contributed by atoms with van der Waals surface area (Å²) in [5, 5.41) is 3.01. The molecule has 0 aliphatic rings. The number of benzene rings is 1. The number of carbonyl (C=O) groups excluding carboxylic acids is 1. The Balaban J connectivity index is 3.15. The molecule has 1 N–H and O–H groups in total. The number of ether oxygens (including phenoxy) is 3. The fraction of sp³-hybridized carbons (Fsp3) is 0.611. The zero-order valence-corrected chi connectivity index (χ0v) is 16.0. The molecular formula is C18H30N2O4. The van der Waals surface area contributed by atoms with Crippen LogP contribution in [0.1, 0.15) is 32.4 Å². The molecule has 0 aliphatic heterocycles. The Morgan fingerprint density at radius 1 is 1.08 bits per heavy atom. The molecule has 0 saturated heterocycles. The van der Waals surface area contributed by atoms with Crippen molar-refractivity contribution >= 4 is 5.91 Å². The summed E-state index contributed by atoms with van der Waals surface area (Å²) in [7, 11) is 8.70. The van der Waals surface area contributed by atoms with Crippen LogP contribution in [0.15, 0.2) is 12.1 Å². The second-order valence-corrected chi connectivity index (χ2v) is 6.90. The highest BCUT2D eigenvalue weighted by atomic mass is 16.5.